The van der Waals surface area contributed by atoms with Crippen molar-refractivity contribution < 1.29 is 9.53 Å². The summed E-state index contributed by atoms with van der Waals surface area (Å²) < 4.78 is 5.24. The number of aromatic nitrogens is 2. The second-order valence-electron chi connectivity index (χ2n) is 5.81. The van der Waals surface area contributed by atoms with Crippen LogP contribution in [-0.2, 0) is 4.74 Å². The topological polar surface area (TPSA) is 67.3 Å². The average Bonchev–Trinajstić information content (AvgIpc) is 2.74. The van der Waals surface area contributed by atoms with Gasteiger partial charge >= 0.3 is 6.09 Å². The first kappa shape index (κ1) is 14.8. The molecule has 0 bridgehead atoms. The molecule has 0 spiro atoms. The van der Waals surface area contributed by atoms with Gasteiger partial charge in [0.15, 0.2) is 5.82 Å². The summed E-state index contributed by atoms with van der Waals surface area (Å²) in [7, 11) is 0. The van der Waals surface area contributed by atoms with Gasteiger partial charge in [-0.2, -0.15) is 5.10 Å². The summed E-state index contributed by atoms with van der Waals surface area (Å²) >= 11 is 5.90. The van der Waals surface area contributed by atoms with Crippen molar-refractivity contribution in [2.24, 2.45) is 0 Å². The predicted octanol–water partition coefficient (Wildman–Crippen LogP) is 2.23. The Morgan fingerprint density at radius 3 is 2.95 bits per heavy atom. The maximum atomic E-state index is 11.7. The largest absolute Gasteiger partial charge is 0.444 e. The molecule has 1 unspecified atom stereocenters. The minimum Gasteiger partial charge on any atom is -0.444 e. The number of halogens is 1. The molecule has 1 amide bonds. The number of alkyl carbamates (subject to hydrolysis) is 1. The highest BCUT2D eigenvalue weighted by atomic mass is 35.5. The molecule has 20 heavy (non-hydrogen) atoms. The smallest absolute Gasteiger partial charge is 0.407 e. The highest BCUT2D eigenvalue weighted by molar-refractivity contribution is 6.30. The highest BCUT2D eigenvalue weighted by Gasteiger charge is 2.27. The van der Waals surface area contributed by atoms with E-state index in [9.17, 15) is 4.79 Å². The van der Waals surface area contributed by atoms with Crippen LogP contribution in [0.1, 0.15) is 27.2 Å². The maximum absolute atomic E-state index is 11.7. The Bertz CT molecular complexity index is 490. The molecule has 2 heterocycles. The Hall–Kier alpha value is -1.56. The Kier molecular flexibility index (Phi) is 4.32. The molecular weight excluding hydrogens is 280 g/mol. The highest BCUT2D eigenvalue weighted by Crippen LogP contribution is 2.20. The Labute approximate surface area is 123 Å². The van der Waals surface area contributed by atoms with Gasteiger partial charge in [0.1, 0.15) is 5.60 Å². The first-order valence-electron chi connectivity index (χ1n) is 6.56. The fourth-order valence-electron chi connectivity index (χ4n) is 2.05. The molecule has 7 heteroatoms. The summed E-state index contributed by atoms with van der Waals surface area (Å²) in [5.41, 5.74) is -0.485. The fourth-order valence-corrected chi connectivity index (χ4v) is 2.19. The van der Waals surface area contributed by atoms with Gasteiger partial charge in [-0.25, -0.2) is 4.79 Å². The van der Waals surface area contributed by atoms with Crippen LogP contribution in [0.25, 0.3) is 0 Å². The van der Waals surface area contributed by atoms with E-state index >= 15 is 0 Å². The summed E-state index contributed by atoms with van der Waals surface area (Å²) in [5, 5.41) is 11.3. The second-order valence-corrected chi connectivity index (χ2v) is 6.25. The summed E-state index contributed by atoms with van der Waals surface area (Å²) in [4.78, 5) is 13.8. The van der Waals surface area contributed by atoms with Crippen molar-refractivity contribution >= 4 is 23.5 Å². The third kappa shape index (κ3) is 4.23. The first-order valence-corrected chi connectivity index (χ1v) is 6.94. The molecule has 6 nitrogen and oxygen atoms in total. The van der Waals surface area contributed by atoms with Crippen molar-refractivity contribution in [2.45, 2.75) is 38.8 Å². The molecule has 1 N–H and O–H groups in total. The lowest BCUT2D eigenvalue weighted by Crippen LogP contribution is -2.40. The quantitative estimate of drug-likeness (QED) is 0.907. The molecular formula is C13H19ClN4O2. The van der Waals surface area contributed by atoms with Gasteiger partial charge in [-0.3, -0.25) is 0 Å². The van der Waals surface area contributed by atoms with Crippen molar-refractivity contribution in [3.63, 3.8) is 0 Å². The number of nitrogens with one attached hydrogen (secondary N) is 1. The molecule has 1 atom stereocenters. The third-order valence-corrected chi connectivity index (χ3v) is 3.05. The van der Waals surface area contributed by atoms with E-state index in [0.29, 0.717) is 11.6 Å². The lowest BCUT2D eigenvalue weighted by Gasteiger charge is -2.22. The molecule has 1 aliphatic rings. The van der Waals surface area contributed by atoms with E-state index < -0.39 is 5.60 Å². The van der Waals surface area contributed by atoms with Crippen molar-refractivity contribution in [3.05, 3.63) is 17.3 Å². The molecule has 1 aromatic rings. The Morgan fingerprint density at radius 2 is 2.30 bits per heavy atom. The zero-order valence-corrected chi connectivity index (χ0v) is 12.6. The van der Waals surface area contributed by atoms with Crippen LogP contribution >= 0.6 is 11.6 Å². The van der Waals surface area contributed by atoms with Gasteiger partial charge in [-0.1, -0.05) is 11.6 Å². The van der Waals surface area contributed by atoms with E-state index in [1.54, 1.807) is 6.07 Å². The van der Waals surface area contributed by atoms with Gasteiger partial charge < -0.3 is 15.0 Å². The summed E-state index contributed by atoms with van der Waals surface area (Å²) in [5.74, 6) is 0.728. The summed E-state index contributed by atoms with van der Waals surface area (Å²) in [6, 6.07) is 1.82. The van der Waals surface area contributed by atoms with E-state index in [2.05, 4.69) is 15.5 Å². The minimum absolute atomic E-state index is 0.0469. The summed E-state index contributed by atoms with van der Waals surface area (Å²) in [6.45, 7) is 7.00. The van der Waals surface area contributed by atoms with Gasteiger partial charge in [0, 0.05) is 19.2 Å². The number of hydrogen-bond acceptors (Lipinski definition) is 5. The first-order chi connectivity index (χ1) is 9.33. The maximum Gasteiger partial charge on any atom is 0.407 e. The average molecular weight is 299 g/mol. The Balaban J connectivity index is 1.88. The molecule has 1 saturated heterocycles. The minimum atomic E-state index is -0.485. The summed E-state index contributed by atoms with van der Waals surface area (Å²) in [6.07, 6.45) is 1.95. The number of hydrogen-bond donors (Lipinski definition) is 1. The van der Waals surface area contributed by atoms with Gasteiger partial charge in [-0.05, 0) is 27.2 Å². The molecule has 2 rings (SSSR count). The van der Waals surface area contributed by atoms with Gasteiger partial charge in [0.25, 0.3) is 0 Å². The lowest BCUT2D eigenvalue weighted by molar-refractivity contribution is 0.0509. The number of carbonyl (C=O) groups excluding carboxylic acids is 1. The molecule has 1 aliphatic heterocycles. The van der Waals surface area contributed by atoms with Crippen LogP contribution in [0.3, 0.4) is 0 Å². The number of rotatable bonds is 2. The van der Waals surface area contributed by atoms with Gasteiger partial charge in [0.2, 0.25) is 0 Å². The molecule has 0 aliphatic carbocycles. The van der Waals surface area contributed by atoms with Crippen molar-refractivity contribution in [3.8, 4) is 0 Å². The van der Waals surface area contributed by atoms with Crippen LogP contribution in [0.4, 0.5) is 10.6 Å². The van der Waals surface area contributed by atoms with Crippen LogP contribution in [0.2, 0.25) is 5.02 Å². The van der Waals surface area contributed by atoms with Crippen molar-refractivity contribution in [2.75, 3.05) is 18.0 Å². The molecule has 0 saturated carbocycles. The molecule has 1 aromatic heterocycles. The van der Waals surface area contributed by atoms with Crippen LogP contribution in [0.15, 0.2) is 12.3 Å². The van der Waals surface area contributed by atoms with E-state index in [4.69, 9.17) is 16.3 Å². The molecule has 0 radical (unpaired) electrons. The Morgan fingerprint density at radius 1 is 1.55 bits per heavy atom. The number of nitrogens with zero attached hydrogens (tertiary/aromatic N) is 3. The zero-order chi connectivity index (χ0) is 14.8. The number of amides is 1. The lowest BCUT2D eigenvalue weighted by atomic mass is 10.2. The van der Waals surface area contributed by atoms with Crippen LogP contribution in [0, 0.1) is 0 Å². The monoisotopic (exact) mass is 298 g/mol. The predicted molar refractivity (Wildman–Crippen MR) is 77.0 cm³/mol. The van der Waals surface area contributed by atoms with E-state index in [0.717, 1.165) is 18.8 Å². The SMILES string of the molecule is CC(C)(C)OC(=O)NC1CCN(c2cc(Cl)cnn2)C1. The fraction of sp³-hybridized carbons (Fsp3) is 0.615. The van der Waals surface area contributed by atoms with Crippen molar-refractivity contribution in [1.29, 1.82) is 0 Å². The standard InChI is InChI=1S/C13H19ClN4O2/c1-13(2,3)20-12(19)16-10-4-5-18(8-10)11-6-9(14)7-15-17-11/h6-7,10H,4-5,8H2,1-3H3,(H,16,19). The van der Waals surface area contributed by atoms with E-state index in [1.165, 1.54) is 6.20 Å². The molecule has 110 valence electrons. The van der Waals surface area contributed by atoms with Gasteiger partial charge in [0.05, 0.1) is 17.3 Å². The van der Waals surface area contributed by atoms with Crippen molar-refractivity contribution in [1.82, 2.24) is 15.5 Å². The van der Waals surface area contributed by atoms with Crippen LogP contribution in [-0.4, -0.2) is 41.0 Å². The van der Waals surface area contributed by atoms with Gasteiger partial charge in [-0.15, -0.1) is 5.10 Å². The number of ether oxygens (including phenoxy) is 1. The number of anilines is 1. The molecule has 0 aromatic carbocycles. The van der Waals surface area contributed by atoms with Crippen LogP contribution < -0.4 is 10.2 Å². The zero-order valence-electron chi connectivity index (χ0n) is 11.9. The van der Waals surface area contributed by atoms with E-state index in [-0.39, 0.29) is 12.1 Å². The third-order valence-electron chi connectivity index (χ3n) is 2.84. The number of carbonyl (C=O) groups is 1. The second kappa shape index (κ2) is 5.83. The normalized spacial score (nSPS) is 19.0. The molecule has 1 fully saturated rings. The van der Waals surface area contributed by atoms with Crippen LogP contribution in [0.5, 0.6) is 0 Å². The van der Waals surface area contributed by atoms with E-state index in [1.807, 2.05) is 25.7 Å².